The van der Waals surface area contributed by atoms with Crippen molar-refractivity contribution in [1.82, 2.24) is 15.3 Å². The highest BCUT2D eigenvalue weighted by Crippen LogP contribution is 2.19. The second-order valence-electron chi connectivity index (χ2n) is 5.55. The first kappa shape index (κ1) is 17.4. The molecule has 0 fully saturated rings. The molecule has 0 aliphatic rings. The van der Waals surface area contributed by atoms with Gasteiger partial charge in [0, 0.05) is 36.4 Å². The lowest BCUT2D eigenvalue weighted by atomic mass is 10.2. The average Bonchev–Trinajstić information content (AvgIpc) is 2.69. The van der Waals surface area contributed by atoms with Gasteiger partial charge in [0.1, 0.15) is 11.6 Å². The number of hydrogen-bond donors (Lipinski definition) is 2. The average molecular weight is 348 g/mol. The number of ether oxygens (including phenoxy) is 1. The van der Waals surface area contributed by atoms with Crippen molar-refractivity contribution < 1.29 is 9.53 Å². The summed E-state index contributed by atoms with van der Waals surface area (Å²) in [5.41, 5.74) is 2.41. The zero-order valence-corrected chi connectivity index (χ0v) is 14.5. The van der Waals surface area contributed by atoms with Crippen molar-refractivity contribution in [3.8, 4) is 5.75 Å². The zero-order chi connectivity index (χ0) is 18.2. The van der Waals surface area contributed by atoms with Crippen LogP contribution in [0.3, 0.4) is 0 Å². The number of nitrogens with zero attached hydrogens (tertiary/aromatic N) is 2. The van der Waals surface area contributed by atoms with Crippen molar-refractivity contribution in [1.29, 1.82) is 0 Å². The highest BCUT2D eigenvalue weighted by Gasteiger charge is 2.07. The lowest BCUT2D eigenvalue weighted by Gasteiger charge is -2.09. The second kappa shape index (κ2) is 8.62. The van der Waals surface area contributed by atoms with E-state index in [0.29, 0.717) is 24.5 Å². The van der Waals surface area contributed by atoms with Crippen LogP contribution in [0.5, 0.6) is 5.75 Å². The summed E-state index contributed by atoms with van der Waals surface area (Å²) in [7, 11) is 0. The van der Waals surface area contributed by atoms with E-state index in [4.69, 9.17) is 4.74 Å². The monoisotopic (exact) mass is 348 g/mol. The number of carbonyl (C=O) groups excluding carboxylic acids is 1. The molecule has 0 saturated heterocycles. The van der Waals surface area contributed by atoms with Gasteiger partial charge >= 0.3 is 0 Å². The third-order valence-corrected chi connectivity index (χ3v) is 3.66. The molecule has 0 bridgehead atoms. The van der Waals surface area contributed by atoms with E-state index in [1.165, 1.54) is 0 Å². The largest absolute Gasteiger partial charge is 0.494 e. The van der Waals surface area contributed by atoms with E-state index in [9.17, 15) is 4.79 Å². The Morgan fingerprint density at radius 1 is 1.04 bits per heavy atom. The van der Waals surface area contributed by atoms with Gasteiger partial charge in [-0.05, 0) is 61.0 Å². The van der Waals surface area contributed by atoms with E-state index in [-0.39, 0.29) is 5.91 Å². The van der Waals surface area contributed by atoms with Crippen molar-refractivity contribution in [2.24, 2.45) is 0 Å². The number of nitrogens with one attached hydrogen (secondary N) is 2. The summed E-state index contributed by atoms with van der Waals surface area (Å²) in [5, 5.41) is 6.08. The van der Waals surface area contributed by atoms with Crippen LogP contribution in [0.2, 0.25) is 0 Å². The van der Waals surface area contributed by atoms with Gasteiger partial charge in [-0.15, -0.1) is 0 Å². The molecule has 1 aromatic carbocycles. The molecule has 2 aromatic heterocycles. The molecule has 3 rings (SSSR count). The fourth-order valence-electron chi connectivity index (χ4n) is 2.37. The third-order valence-electron chi connectivity index (χ3n) is 3.66. The van der Waals surface area contributed by atoms with Crippen LogP contribution in [0.15, 0.2) is 67.1 Å². The van der Waals surface area contributed by atoms with Gasteiger partial charge in [-0.2, -0.15) is 0 Å². The zero-order valence-electron chi connectivity index (χ0n) is 14.5. The molecule has 132 valence electrons. The molecule has 6 nitrogen and oxygen atoms in total. The molecule has 26 heavy (non-hydrogen) atoms. The Kier molecular flexibility index (Phi) is 5.77. The predicted molar refractivity (Wildman–Crippen MR) is 101 cm³/mol. The maximum absolute atomic E-state index is 12.3. The minimum Gasteiger partial charge on any atom is -0.494 e. The van der Waals surface area contributed by atoms with Crippen molar-refractivity contribution in [2.45, 2.75) is 13.5 Å². The molecule has 0 atom stereocenters. The van der Waals surface area contributed by atoms with Crippen molar-refractivity contribution in [3.05, 3.63) is 78.2 Å². The van der Waals surface area contributed by atoms with E-state index in [1.54, 1.807) is 30.7 Å². The Balaban J connectivity index is 1.62. The normalized spacial score (nSPS) is 10.2. The topological polar surface area (TPSA) is 76.1 Å². The Morgan fingerprint density at radius 2 is 1.81 bits per heavy atom. The number of carbonyl (C=O) groups is 1. The summed E-state index contributed by atoms with van der Waals surface area (Å²) in [5.74, 6) is 1.26. The fraction of sp³-hybridized carbons (Fsp3) is 0.150. The van der Waals surface area contributed by atoms with Crippen LogP contribution in [0.1, 0.15) is 22.8 Å². The standard InChI is InChI=1S/C20H20N4O2/c1-2-26-18-5-3-17(4-6-18)24-19-13-16(9-12-22-19)20(25)23-14-15-7-10-21-11-8-15/h3-13H,2,14H2,1H3,(H,22,24)(H,23,25). The number of rotatable bonds is 7. The maximum Gasteiger partial charge on any atom is 0.251 e. The third kappa shape index (κ3) is 4.80. The molecule has 2 N–H and O–H groups in total. The van der Waals surface area contributed by atoms with Crippen molar-refractivity contribution in [3.63, 3.8) is 0 Å². The number of pyridine rings is 2. The molecule has 6 heteroatoms. The minimum absolute atomic E-state index is 0.154. The maximum atomic E-state index is 12.3. The SMILES string of the molecule is CCOc1ccc(Nc2cc(C(=O)NCc3ccncc3)ccn2)cc1. The molecule has 0 radical (unpaired) electrons. The summed E-state index contributed by atoms with van der Waals surface area (Å²) in [6.07, 6.45) is 5.01. The number of aromatic nitrogens is 2. The van der Waals surface area contributed by atoms with Crippen LogP contribution in [0.25, 0.3) is 0 Å². The number of amides is 1. The van der Waals surface area contributed by atoms with Gasteiger partial charge in [0.2, 0.25) is 0 Å². The summed E-state index contributed by atoms with van der Waals surface area (Å²) < 4.78 is 5.42. The highest BCUT2D eigenvalue weighted by atomic mass is 16.5. The smallest absolute Gasteiger partial charge is 0.251 e. The summed E-state index contributed by atoms with van der Waals surface area (Å²) in [6, 6.07) is 14.7. The Bertz CT molecular complexity index is 851. The Labute approximate surface area is 152 Å². The van der Waals surface area contributed by atoms with Crippen LogP contribution in [-0.4, -0.2) is 22.5 Å². The van der Waals surface area contributed by atoms with Crippen LogP contribution in [0.4, 0.5) is 11.5 Å². The minimum atomic E-state index is -0.154. The van der Waals surface area contributed by atoms with Crippen LogP contribution < -0.4 is 15.4 Å². The fourth-order valence-corrected chi connectivity index (χ4v) is 2.37. The van der Waals surface area contributed by atoms with Gasteiger partial charge in [-0.1, -0.05) is 0 Å². The molecule has 0 spiro atoms. The van der Waals surface area contributed by atoms with Gasteiger partial charge in [-0.3, -0.25) is 9.78 Å². The predicted octanol–water partition coefficient (Wildman–Crippen LogP) is 3.55. The highest BCUT2D eigenvalue weighted by molar-refractivity contribution is 5.94. The summed E-state index contributed by atoms with van der Waals surface area (Å²) in [4.78, 5) is 20.6. The lowest BCUT2D eigenvalue weighted by Crippen LogP contribution is -2.22. The van der Waals surface area contributed by atoms with E-state index in [2.05, 4.69) is 20.6 Å². The second-order valence-corrected chi connectivity index (χ2v) is 5.55. The molecular weight excluding hydrogens is 328 g/mol. The summed E-state index contributed by atoms with van der Waals surface area (Å²) in [6.45, 7) is 3.03. The lowest BCUT2D eigenvalue weighted by molar-refractivity contribution is 0.0951. The first-order chi connectivity index (χ1) is 12.7. The van der Waals surface area contributed by atoms with Gasteiger partial charge in [0.05, 0.1) is 6.61 Å². The van der Waals surface area contributed by atoms with Crippen LogP contribution >= 0.6 is 0 Å². The van der Waals surface area contributed by atoms with Gasteiger partial charge in [0.25, 0.3) is 5.91 Å². The molecule has 0 saturated carbocycles. The van der Waals surface area contributed by atoms with Crippen molar-refractivity contribution in [2.75, 3.05) is 11.9 Å². The van der Waals surface area contributed by atoms with Gasteiger partial charge in [0.15, 0.2) is 0 Å². The molecule has 0 aliphatic heterocycles. The quantitative estimate of drug-likeness (QED) is 0.683. The first-order valence-corrected chi connectivity index (χ1v) is 8.37. The number of hydrogen-bond acceptors (Lipinski definition) is 5. The number of benzene rings is 1. The number of anilines is 2. The van der Waals surface area contributed by atoms with E-state index in [1.807, 2.05) is 43.3 Å². The Morgan fingerprint density at radius 3 is 2.54 bits per heavy atom. The first-order valence-electron chi connectivity index (χ1n) is 8.37. The molecule has 1 amide bonds. The van der Waals surface area contributed by atoms with Crippen LogP contribution in [0, 0.1) is 0 Å². The van der Waals surface area contributed by atoms with E-state index < -0.39 is 0 Å². The summed E-state index contributed by atoms with van der Waals surface area (Å²) >= 11 is 0. The van der Waals surface area contributed by atoms with Gasteiger partial charge in [-0.25, -0.2) is 4.98 Å². The van der Waals surface area contributed by atoms with E-state index in [0.717, 1.165) is 17.0 Å². The van der Waals surface area contributed by atoms with E-state index >= 15 is 0 Å². The molecule has 3 aromatic rings. The molecule has 2 heterocycles. The molecular formula is C20H20N4O2. The molecule has 0 aliphatic carbocycles. The molecule has 0 unspecified atom stereocenters. The van der Waals surface area contributed by atoms with Crippen LogP contribution in [-0.2, 0) is 6.54 Å². The van der Waals surface area contributed by atoms with Gasteiger partial charge < -0.3 is 15.4 Å². The Hall–Kier alpha value is -3.41. The van der Waals surface area contributed by atoms with Crippen molar-refractivity contribution >= 4 is 17.4 Å².